The first kappa shape index (κ1) is 78.7. The van der Waals surface area contributed by atoms with Crippen LogP contribution >= 0.6 is 11.8 Å². The van der Waals surface area contributed by atoms with Crippen LogP contribution in [0.4, 0.5) is 0 Å². The average Bonchev–Trinajstić information content (AvgIpc) is 1.61. The first-order chi connectivity index (χ1) is 48.1. The highest BCUT2D eigenvalue weighted by Crippen LogP contribution is 2.38. The second-order valence-corrected chi connectivity index (χ2v) is 25.1. The van der Waals surface area contributed by atoms with Gasteiger partial charge in [0, 0.05) is 78.9 Å². The van der Waals surface area contributed by atoms with E-state index >= 15 is 19.2 Å². The number of thioether (sulfide) groups is 1. The van der Waals surface area contributed by atoms with E-state index in [0.29, 0.717) is 37.8 Å². The SMILES string of the molecule is COC(=O)/C=C(\C(=O)OC)c1c2ccccc2c2n1CCCC[C@@H](C(=O)N[C@@H](CC(N)=O)C(N)=O)NC(=O)[C@@H](NC(=O)[C@H](CCCCC(=N)N)NC(=O)[C@H](Cc1c[nH]c3ccccc13)NC(=O)[C@H](CCCCC(=N)N)NC(=O)[C@H](Cc1ccc(O)cc1)NC(=O)[C@H](CC(N)=O)NC(C)=O)CS2. The summed E-state index contributed by atoms with van der Waals surface area (Å²) in [5.74, 6) is -13.1. The quantitative estimate of drug-likeness (QED) is 0.00795. The number of phenols is 1. The van der Waals surface area contributed by atoms with Crippen LogP contribution in [0.25, 0.3) is 27.2 Å². The van der Waals surface area contributed by atoms with Crippen LogP contribution in [-0.2, 0) is 91.2 Å². The van der Waals surface area contributed by atoms with Gasteiger partial charge in [-0.15, -0.1) is 11.8 Å². The van der Waals surface area contributed by atoms with Crippen molar-refractivity contribution in [3.63, 3.8) is 0 Å². The lowest BCUT2D eigenvalue weighted by Crippen LogP contribution is -2.61. The van der Waals surface area contributed by atoms with Gasteiger partial charge in [0.25, 0.3) is 0 Å². The van der Waals surface area contributed by atoms with Crippen LogP contribution in [0.3, 0.4) is 0 Å². The molecular weight excluding hydrogens is 1330 g/mol. The van der Waals surface area contributed by atoms with Crippen molar-refractivity contribution >= 4 is 128 Å². The normalized spacial score (nSPS) is 15.8. The van der Waals surface area contributed by atoms with Crippen LogP contribution in [0.5, 0.6) is 5.75 Å². The Labute approximate surface area is 584 Å². The molecule has 1 aliphatic rings. The summed E-state index contributed by atoms with van der Waals surface area (Å²) in [7, 11) is 2.25. The number of primary amides is 3. The summed E-state index contributed by atoms with van der Waals surface area (Å²) in [6, 6.07) is 7.07. The van der Waals surface area contributed by atoms with Crippen molar-refractivity contribution in [3.8, 4) is 5.75 Å². The highest BCUT2D eigenvalue weighted by Gasteiger charge is 2.37. The number of nitrogens with zero attached hydrogens (tertiary/aromatic N) is 1. The number of hydrogen-bond acceptors (Lipinski definition) is 19. The van der Waals surface area contributed by atoms with E-state index in [2.05, 4.69) is 47.5 Å². The van der Waals surface area contributed by atoms with E-state index in [0.717, 1.165) is 39.0 Å². The fourth-order valence-electron chi connectivity index (χ4n) is 11.3. The van der Waals surface area contributed by atoms with Crippen LogP contribution < -0.4 is 71.2 Å². The van der Waals surface area contributed by atoms with Crippen molar-refractivity contribution in [3.05, 3.63) is 102 Å². The average molecular weight is 1420 g/mol. The predicted molar refractivity (Wildman–Crippen MR) is 371 cm³/mol. The third-order valence-electron chi connectivity index (χ3n) is 16.4. The fourth-order valence-corrected chi connectivity index (χ4v) is 12.6. The van der Waals surface area contributed by atoms with E-state index in [4.69, 9.17) is 49.0 Å². The van der Waals surface area contributed by atoms with Gasteiger partial charge >= 0.3 is 11.9 Å². The zero-order valence-electron chi connectivity index (χ0n) is 56.0. The molecule has 3 aromatic carbocycles. The van der Waals surface area contributed by atoms with Crippen LogP contribution in [0.15, 0.2) is 90.1 Å². The minimum atomic E-state index is -1.62. The lowest BCUT2D eigenvalue weighted by atomic mass is 10.0. The summed E-state index contributed by atoms with van der Waals surface area (Å²) in [5.41, 5.74) is 29.4. The third kappa shape index (κ3) is 23.7. The standard InChI is InChI=1S/C67H87N17O16S/c1-35(85)76-50(32-55(73)88)64(96)81-48(28-36-23-25-38(86)26-24-36)62(94)77-44(18-8-10-21-52(68)69)60(92)82-49(29-37-33-75-43-17-7-6-14-39(37)43)63(95)78-45(19-9-11-22-53(70)71)61(93)83-51-34-101-66-41-16-5-4-15-40(41)57(42(67(98)100-3)30-56(89)99-2)84(66)27-13-12-20-46(79-65(51)97)59(91)80-47(58(74)90)31-54(72)87/h4-7,14-17,23-26,30,33,44-51,75,86H,8-13,18-22,27-29,31-32,34H2,1-3H3,(H3,68,69)(H3,70,71)(H2,72,87)(H2,73,88)(H2,74,90)(H,76,85)(H,77,94)(H,78,95)(H,79,97)(H,80,91)(H,81,96)(H,82,92)(H,83,93)/b42-30-/t44-,45-,46-,47-,48-,49-,50-,51-/m0/s1. The first-order valence-corrected chi connectivity index (χ1v) is 33.4. The molecule has 33 nitrogen and oxygen atoms in total. The minimum Gasteiger partial charge on any atom is -0.508 e. The number of amides is 11. The third-order valence-corrected chi connectivity index (χ3v) is 17.6. The Bertz CT molecular complexity index is 3930. The van der Waals surface area contributed by atoms with Crippen LogP contribution in [0, 0.1) is 10.8 Å². The monoisotopic (exact) mass is 1420 g/mol. The number of rotatable bonds is 35. The van der Waals surface area contributed by atoms with E-state index in [-0.39, 0.29) is 124 Å². The van der Waals surface area contributed by atoms with E-state index in [9.17, 15) is 48.3 Å². The number of methoxy groups -OCH3 is 2. The van der Waals surface area contributed by atoms with Crippen molar-refractivity contribution < 1.29 is 76.9 Å². The molecule has 1 aliphatic heterocycles. The maximum Gasteiger partial charge on any atom is 0.340 e. The molecule has 101 heavy (non-hydrogen) atoms. The smallest absolute Gasteiger partial charge is 0.340 e. The number of hydrogen-bond donors (Lipinski definition) is 17. The van der Waals surface area contributed by atoms with E-state index < -0.39 is 138 Å². The highest BCUT2D eigenvalue weighted by atomic mass is 32.2. The minimum absolute atomic E-state index is 0.0765. The van der Waals surface area contributed by atoms with Gasteiger partial charge < -0.3 is 95.3 Å². The van der Waals surface area contributed by atoms with Gasteiger partial charge in [0.15, 0.2) is 0 Å². The Morgan fingerprint density at radius 1 is 0.644 bits per heavy atom. The number of aromatic amines is 1. The maximum absolute atomic E-state index is 15.4. The van der Waals surface area contributed by atoms with Crippen LogP contribution in [0.1, 0.15) is 107 Å². The topological polar surface area (TPSA) is 555 Å². The zero-order valence-corrected chi connectivity index (χ0v) is 56.9. The Hall–Kier alpha value is -11.3. The molecule has 0 unspecified atom stereocenters. The summed E-state index contributed by atoms with van der Waals surface area (Å²) in [6.07, 6.45) is 1.62. The molecule has 0 bridgehead atoms. The number of aromatic nitrogens is 2. The molecular formula is C67H87N17O16S. The molecule has 3 heterocycles. The van der Waals surface area contributed by atoms with Gasteiger partial charge in [-0.1, -0.05) is 67.4 Å². The second kappa shape index (κ2) is 38.1. The predicted octanol–water partition coefficient (Wildman–Crippen LogP) is -0.554. The molecule has 0 radical (unpaired) electrons. The molecule has 22 N–H and O–H groups in total. The van der Waals surface area contributed by atoms with Gasteiger partial charge in [-0.25, -0.2) is 9.59 Å². The molecule has 0 spiro atoms. The molecule has 5 aromatic rings. The van der Waals surface area contributed by atoms with Crippen LogP contribution in [-0.4, -0.2) is 172 Å². The zero-order chi connectivity index (χ0) is 74.0. The number of benzene rings is 3. The number of nitrogens with two attached hydrogens (primary N) is 5. The number of esters is 2. The summed E-state index contributed by atoms with van der Waals surface area (Å²) < 4.78 is 11.8. The number of ether oxygens (including phenoxy) is 2. The van der Waals surface area contributed by atoms with E-state index in [1.165, 1.54) is 24.3 Å². The molecule has 6 rings (SSSR count). The number of carbonyl (C=O) groups is 13. The van der Waals surface area contributed by atoms with Crippen molar-refractivity contribution in [2.75, 3.05) is 20.0 Å². The van der Waals surface area contributed by atoms with Crippen molar-refractivity contribution in [1.29, 1.82) is 10.8 Å². The summed E-state index contributed by atoms with van der Waals surface area (Å²) in [6.45, 7) is 1.21. The molecule has 8 atom stereocenters. The lowest BCUT2D eigenvalue weighted by Gasteiger charge is -2.28. The fraction of sp³-hybridized carbons (Fsp3) is 0.418. The van der Waals surface area contributed by atoms with Gasteiger partial charge in [0.1, 0.15) is 54.1 Å². The lowest BCUT2D eigenvalue weighted by molar-refractivity contribution is -0.136. The summed E-state index contributed by atoms with van der Waals surface area (Å²) in [5, 5.41) is 48.9. The molecule has 0 saturated heterocycles. The Kier molecular flexibility index (Phi) is 29.7. The number of fused-ring (bicyclic) bond motifs is 4. The molecule has 0 aliphatic carbocycles. The Morgan fingerprint density at radius 3 is 1.76 bits per heavy atom. The summed E-state index contributed by atoms with van der Waals surface area (Å²) >= 11 is 1.04. The van der Waals surface area contributed by atoms with Crippen molar-refractivity contribution in [1.82, 2.24) is 52.1 Å². The largest absolute Gasteiger partial charge is 0.508 e. The van der Waals surface area contributed by atoms with Crippen molar-refractivity contribution in [2.45, 2.75) is 163 Å². The van der Waals surface area contributed by atoms with Gasteiger partial charge in [-0.3, -0.25) is 63.6 Å². The number of amidine groups is 2. The number of H-pyrrole nitrogens is 1. The molecule has 0 saturated carbocycles. The van der Waals surface area contributed by atoms with Gasteiger partial charge in [-0.05, 0) is 74.3 Å². The van der Waals surface area contributed by atoms with Gasteiger partial charge in [0.05, 0.1) is 55.0 Å². The number of phenolic OH excluding ortho intramolecular Hbond substituents is 1. The number of para-hydroxylation sites is 1. The number of carbonyl (C=O) groups excluding carboxylic acids is 13. The second-order valence-electron chi connectivity index (χ2n) is 24.1. The Morgan fingerprint density at radius 2 is 1.19 bits per heavy atom. The summed E-state index contributed by atoms with van der Waals surface area (Å²) in [4.78, 5) is 182. The number of aromatic hydroxyl groups is 1. The highest BCUT2D eigenvalue weighted by molar-refractivity contribution is 7.99. The number of nitrogens with one attached hydrogen (secondary N) is 11. The molecule has 2 aromatic heterocycles. The molecule has 542 valence electrons. The number of unbranched alkanes of at least 4 members (excludes halogenated alkanes) is 2. The van der Waals surface area contributed by atoms with Gasteiger partial charge in [0.2, 0.25) is 65.0 Å². The van der Waals surface area contributed by atoms with Crippen molar-refractivity contribution in [2.24, 2.45) is 28.7 Å². The Balaban J connectivity index is 1.42. The molecule has 0 fully saturated rings. The van der Waals surface area contributed by atoms with Crippen LogP contribution in [0.2, 0.25) is 0 Å². The van der Waals surface area contributed by atoms with E-state index in [1.807, 2.05) is 0 Å². The molecule has 34 heteroatoms. The molecule has 11 amide bonds. The first-order valence-electron chi connectivity index (χ1n) is 32.4. The van der Waals surface area contributed by atoms with E-state index in [1.54, 1.807) is 59.3 Å². The van der Waals surface area contributed by atoms with Gasteiger partial charge in [-0.2, -0.15) is 0 Å². The maximum atomic E-state index is 15.4.